The summed E-state index contributed by atoms with van der Waals surface area (Å²) in [5, 5.41) is 3.45. The van der Waals surface area contributed by atoms with E-state index in [2.05, 4.69) is 48.2 Å². The number of fused-ring (bicyclic) bond motifs is 1. The number of nitrogens with one attached hydrogen (secondary N) is 1. The molecule has 0 aliphatic rings. The molecule has 3 nitrogen and oxygen atoms in total. The molecule has 0 bridgehead atoms. The van der Waals surface area contributed by atoms with E-state index < -0.39 is 0 Å². The van der Waals surface area contributed by atoms with E-state index >= 15 is 0 Å². The lowest BCUT2D eigenvalue weighted by molar-refractivity contribution is 0.424. The molecule has 1 N–H and O–H groups in total. The summed E-state index contributed by atoms with van der Waals surface area (Å²) in [7, 11) is 0. The standard InChI is InChI=1S/C13H17N3/c1-13(2,3)16-9-10-4-5-11-12(8-10)15-7-6-14-11/h4-8,16H,9H2,1-3H3. The number of nitrogens with zero attached hydrogens (tertiary/aromatic N) is 2. The summed E-state index contributed by atoms with van der Waals surface area (Å²) in [6.07, 6.45) is 3.44. The van der Waals surface area contributed by atoms with Gasteiger partial charge in [0.1, 0.15) is 0 Å². The van der Waals surface area contributed by atoms with Crippen molar-refractivity contribution in [2.24, 2.45) is 0 Å². The molecule has 0 fully saturated rings. The molecule has 84 valence electrons. The molecule has 16 heavy (non-hydrogen) atoms. The molecule has 0 saturated heterocycles. The zero-order valence-corrected chi connectivity index (χ0v) is 9.99. The van der Waals surface area contributed by atoms with E-state index in [0.29, 0.717) is 0 Å². The van der Waals surface area contributed by atoms with Gasteiger partial charge in [0.15, 0.2) is 0 Å². The maximum Gasteiger partial charge on any atom is 0.0890 e. The highest BCUT2D eigenvalue weighted by Crippen LogP contribution is 2.11. The Labute approximate surface area is 95.9 Å². The highest BCUT2D eigenvalue weighted by atomic mass is 14.9. The first kappa shape index (κ1) is 11.0. The Morgan fingerprint density at radius 2 is 1.75 bits per heavy atom. The van der Waals surface area contributed by atoms with Crippen molar-refractivity contribution in [1.82, 2.24) is 15.3 Å². The van der Waals surface area contributed by atoms with Crippen LogP contribution in [0.4, 0.5) is 0 Å². The summed E-state index contributed by atoms with van der Waals surface area (Å²) in [6.45, 7) is 7.34. The van der Waals surface area contributed by atoms with Gasteiger partial charge in [0.05, 0.1) is 11.0 Å². The largest absolute Gasteiger partial charge is 0.308 e. The van der Waals surface area contributed by atoms with Gasteiger partial charge in [0.25, 0.3) is 0 Å². The highest BCUT2D eigenvalue weighted by molar-refractivity contribution is 5.74. The lowest BCUT2D eigenvalue weighted by atomic mass is 10.1. The zero-order valence-electron chi connectivity index (χ0n) is 9.99. The molecule has 0 aliphatic carbocycles. The van der Waals surface area contributed by atoms with Crippen molar-refractivity contribution >= 4 is 11.0 Å². The van der Waals surface area contributed by atoms with Crippen LogP contribution in [0.3, 0.4) is 0 Å². The van der Waals surface area contributed by atoms with Crippen molar-refractivity contribution < 1.29 is 0 Å². The van der Waals surface area contributed by atoms with Crippen LogP contribution < -0.4 is 5.32 Å². The van der Waals surface area contributed by atoms with Gasteiger partial charge in [0.2, 0.25) is 0 Å². The zero-order chi connectivity index (χ0) is 11.6. The Bertz CT molecular complexity index is 486. The molecule has 0 unspecified atom stereocenters. The molecule has 2 aromatic rings. The molecule has 1 heterocycles. The van der Waals surface area contributed by atoms with Gasteiger partial charge in [-0.2, -0.15) is 0 Å². The number of rotatable bonds is 2. The van der Waals surface area contributed by atoms with Gasteiger partial charge in [-0.15, -0.1) is 0 Å². The molecule has 0 spiro atoms. The maximum atomic E-state index is 4.30. The van der Waals surface area contributed by atoms with Gasteiger partial charge in [-0.3, -0.25) is 9.97 Å². The van der Waals surface area contributed by atoms with E-state index in [1.165, 1.54) is 5.56 Å². The van der Waals surface area contributed by atoms with Crippen molar-refractivity contribution in [2.45, 2.75) is 32.9 Å². The van der Waals surface area contributed by atoms with Crippen molar-refractivity contribution in [2.75, 3.05) is 0 Å². The first-order chi connectivity index (χ1) is 7.54. The van der Waals surface area contributed by atoms with Gasteiger partial charge >= 0.3 is 0 Å². The van der Waals surface area contributed by atoms with Crippen LogP contribution in [0.25, 0.3) is 11.0 Å². The van der Waals surface area contributed by atoms with Crippen molar-refractivity contribution in [1.29, 1.82) is 0 Å². The van der Waals surface area contributed by atoms with Gasteiger partial charge in [-0.25, -0.2) is 0 Å². The topological polar surface area (TPSA) is 37.8 Å². The summed E-state index contributed by atoms with van der Waals surface area (Å²) >= 11 is 0. The van der Waals surface area contributed by atoms with E-state index in [0.717, 1.165) is 17.6 Å². The summed E-state index contributed by atoms with van der Waals surface area (Å²) < 4.78 is 0. The molecule has 3 heteroatoms. The summed E-state index contributed by atoms with van der Waals surface area (Å²) in [6, 6.07) is 6.19. The van der Waals surface area contributed by atoms with Crippen LogP contribution in [0.5, 0.6) is 0 Å². The number of hydrogen-bond donors (Lipinski definition) is 1. The molecule has 1 aromatic carbocycles. The van der Waals surface area contributed by atoms with Crippen LogP contribution in [0.1, 0.15) is 26.3 Å². The Balaban J connectivity index is 2.20. The second-order valence-corrected chi connectivity index (χ2v) is 4.98. The van der Waals surface area contributed by atoms with E-state index in [4.69, 9.17) is 0 Å². The van der Waals surface area contributed by atoms with E-state index in [9.17, 15) is 0 Å². The third-order valence-corrected chi connectivity index (χ3v) is 2.36. The van der Waals surface area contributed by atoms with Crippen LogP contribution in [-0.2, 0) is 6.54 Å². The highest BCUT2D eigenvalue weighted by Gasteiger charge is 2.08. The maximum absolute atomic E-state index is 4.30. The van der Waals surface area contributed by atoms with Crippen LogP contribution in [-0.4, -0.2) is 15.5 Å². The Morgan fingerprint density at radius 1 is 1.06 bits per heavy atom. The fourth-order valence-electron chi connectivity index (χ4n) is 1.49. The second-order valence-electron chi connectivity index (χ2n) is 4.98. The van der Waals surface area contributed by atoms with Crippen LogP contribution in [0.15, 0.2) is 30.6 Å². The SMILES string of the molecule is CC(C)(C)NCc1ccc2nccnc2c1. The van der Waals surface area contributed by atoms with E-state index in [-0.39, 0.29) is 5.54 Å². The summed E-state index contributed by atoms with van der Waals surface area (Å²) in [5.41, 5.74) is 3.28. The monoisotopic (exact) mass is 215 g/mol. The van der Waals surface area contributed by atoms with E-state index in [1.807, 2.05) is 6.07 Å². The van der Waals surface area contributed by atoms with E-state index in [1.54, 1.807) is 12.4 Å². The molecule has 0 atom stereocenters. The third-order valence-electron chi connectivity index (χ3n) is 2.36. The smallest absolute Gasteiger partial charge is 0.0890 e. The normalized spacial score (nSPS) is 11.9. The minimum atomic E-state index is 0.136. The van der Waals surface area contributed by atoms with Crippen LogP contribution in [0.2, 0.25) is 0 Å². The Morgan fingerprint density at radius 3 is 2.44 bits per heavy atom. The Hall–Kier alpha value is -1.48. The Kier molecular flexibility index (Phi) is 2.88. The minimum Gasteiger partial charge on any atom is -0.308 e. The van der Waals surface area contributed by atoms with Crippen LogP contribution in [0, 0.1) is 0 Å². The predicted octanol–water partition coefficient (Wildman–Crippen LogP) is 2.52. The predicted molar refractivity (Wildman–Crippen MR) is 66.1 cm³/mol. The summed E-state index contributed by atoms with van der Waals surface area (Å²) in [4.78, 5) is 8.54. The molecule has 2 rings (SSSR count). The fourth-order valence-corrected chi connectivity index (χ4v) is 1.49. The number of hydrogen-bond acceptors (Lipinski definition) is 3. The molecule has 0 saturated carbocycles. The average Bonchev–Trinajstić information content (AvgIpc) is 2.25. The number of aromatic nitrogens is 2. The molecular weight excluding hydrogens is 198 g/mol. The van der Waals surface area contributed by atoms with Gasteiger partial charge in [0, 0.05) is 24.5 Å². The molecular formula is C13H17N3. The molecule has 0 radical (unpaired) electrons. The molecule has 0 aliphatic heterocycles. The average molecular weight is 215 g/mol. The van der Waals surface area contributed by atoms with Crippen molar-refractivity contribution in [3.05, 3.63) is 36.2 Å². The van der Waals surface area contributed by atoms with Crippen molar-refractivity contribution in [3.63, 3.8) is 0 Å². The van der Waals surface area contributed by atoms with Gasteiger partial charge < -0.3 is 5.32 Å². The second kappa shape index (κ2) is 4.18. The van der Waals surface area contributed by atoms with Crippen molar-refractivity contribution in [3.8, 4) is 0 Å². The minimum absolute atomic E-state index is 0.136. The summed E-state index contributed by atoms with van der Waals surface area (Å²) in [5.74, 6) is 0. The van der Waals surface area contributed by atoms with Crippen LogP contribution >= 0.6 is 0 Å². The molecule has 0 amide bonds. The third kappa shape index (κ3) is 2.76. The van der Waals surface area contributed by atoms with Gasteiger partial charge in [-0.05, 0) is 38.5 Å². The number of benzene rings is 1. The first-order valence-electron chi connectivity index (χ1n) is 5.49. The van der Waals surface area contributed by atoms with Gasteiger partial charge in [-0.1, -0.05) is 6.07 Å². The molecule has 1 aromatic heterocycles. The quantitative estimate of drug-likeness (QED) is 0.836. The lowest BCUT2D eigenvalue weighted by Gasteiger charge is -2.20. The lowest BCUT2D eigenvalue weighted by Crippen LogP contribution is -2.35. The first-order valence-corrected chi connectivity index (χ1v) is 5.49. The fraction of sp³-hybridized carbons (Fsp3) is 0.385.